The molecule has 1 N–H and O–H groups in total. The highest BCUT2D eigenvalue weighted by molar-refractivity contribution is 5.70. The van der Waals surface area contributed by atoms with Crippen LogP contribution in [0.3, 0.4) is 0 Å². The molecule has 2 saturated heterocycles. The molecule has 0 radical (unpaired) electrons. The highest BCUT2D eigenvalue weighted by atomic mass is 19.4. The molecule has 1 aromatic carbocycles. The van der Waals surface area contributed by atoms with Crippen molar-refractivity contribution in [3.05, 3.63) is 35.6 Å². The number of benzene rings is 1. The van der Waals surface area contributed by atoms with E-state index in [2.05, 4.69) is 9.89 Å². The number of fused-ring (bicyclic) bond motifs is 1. The topological polar surface area (TPSA) is 83.2 Å². The summed E-state index contributed by atoms with van der Waals surface area (Å²) in [5, 5.41) is 13.9. The van der Waals surface area contributed by atoms with Crippen LogP contribution in [0.4, 0.5) is 13.2 Å². The molecule has 0 amide bonds. The predicted molar refractivity (Wildman–Crippen MR) is 94.7 cm³/mol. The second-order valence-corrected chi connectivity index (χ2v) is 7.70. The molecule has 3 heterocycles. The van der Waals surface area contributed by atoms with Crippen molar-refractivity contribution in [1.29, 1.82) is 0 Å². The molecular weight excluding hydrogens is 407 g/mol. The van der Waals surface area contributed by atoms with Gasteiger partial charge in [0.15, 0.2) is 0 Å². The monoisotopic (exact) mass is 427 g/mol. The first kappa shape index (κ1) is 19.8. The van der Waals surface area contributed by atoms with Crippen molar-refractivity contribution < 1.29 is 41.7 Å². The van der Waals surface area contributed by atoms with Crippen LogP contribution in [-0.2, 0) is 20.8 Å². The van der Waals surface area contributed by atoms with Gasteiger partial charge in [0.1, 0.15) is 41.6 Å². The van der Waals surface area contributed by atoms with Crippen molar-refractivity contribution in [3.8, 4) is 17.0 Å². The molecule has 3 aliphatic rings. The number of aliphatic hydroxyl groups excluding tert-OH is 1. The Morgan fingerprint density at radius 2 is 1.87 bits per heavy atom. The maximum absolute atomic E-state index is 12.9. The predicted octanol–water partition coefficient (Wildman–Crippen LogP) is 3.16. The fourth-order valence-electron chi connectivity index (χ4n) is 3.99. The number of nitrogens with zero attached hydrogens (tertiary/aromatic N) is 1. The molecule has 2 unspecified atom stereocenters. The zero-order chi connectivity index (χ0) is 20.9. The molecule has 7 nitrogen and oxygen atoms in total. The fourth-order valence-corrected chi connectivity index (χ4v) is 3.99. The molecule has 5 rings (SSSR count). The average Bonchev–Trinajstić information content (AvgIpc) is 3.16. The molecule has 3 fully saturated rings. The Morgan fingerprint density at radius 3 is 2.63 bits per heavy atom. The third-order valence-electron chi connectivity index (χ3n) is 5.56. The van der Waals surface area contributed by atoms with E-state index in [-0.39, 0.29) is 48.8 Å². The van der Waals surface area contributed by atoms with Gasteiger partial charge >= 0.3 is 6.36 Å². The minimum atomic E-state index is -4.83. The van der Waals surface area contributed by atoms with E-state index in [0.717, 1.165) is 12.8 Å². The van der Waals surface area contributed by atoms with Crippen molar-refractivity contribution in [2.24, 2.45) is 0 Å². The van der Waals surface area contributed by atoms with Gasteiger partial charge in [-0.25, -0.2) is 0 Å². The zero-order valence-electron chi connectivity index (χ0n) is 15.8. The van der Waals surface area contributed by atoms with Crippen LogP contribution in [-0.4, -0.2) is 54.3 Å². The number of aliphatic hydroxyl groups is 1. The molecule has 4 atom stereocenters. The normalized spacial score (nSPS) is 28.7. The van der Waals surface area contributed by atoms with Gasteiger partial charge in [0, 0.05) is 17.0 Å². The minimum absolute atomic E-state index is 0.0712. The summed E-state index contributed by atoms with van der Waals surface area (Å²) < 4.78 is 65.4. The van der Waals surface area contributed by atoms with Crippen molar-refractivity contribution in [2.45, 2.75) is 56.1 Å². The van der Waals surface area contributed by atoms with Crippen LogP contribution >= 0.6 is 0 Å². The summed E-state index contributed by atoms with van der Waals surface area (Å²) in [6.45, 7) is 0.518. The van der Waals surface area contributed by atoms with Gasteiger partial charge in [-0.3, -0.25) is 0 Å². The van der Waals surface area contributed by atoms with Crippen LogP contribution in [0.5, 0.6) is 5.75 Å². The number of hydrogen-bond acceptors (Lipinski definition) is 7. The number of alkyl halides is 3. The number of aromatic nitrogens is 1. The van der Waals surface area contributed by atoms with Gasteiger partial charge in [-0.1, -0.05) is 17.3 Å². The summed E-state index contributed by atoms with van der Waals surface area (Å²) in [4.78, 5) is 0. The maximum Gasteiger partial charge on any atom is 0.573 e. The van der Waals surface area contributed by atoms with Crippen molar-refractivity contribution >= 4 is 0 Å². The van der Waals surface area contributed by atoms with Gasteiger partial charge in [-0.15, -0.1) is 13.2 Å². The van der Waals surface area contributed by atoms with E-state index < -0.39 is 24.7 Å². The minimum Gasteiger partial charge on any atom is -0.405 e. The zero-order valence-corrected chi connectivity index (χ0v) is 15.8. The van der Waals surface area contributed by atoms with Crippen molar-refractivity contribution in [3.63, 3.8) is 0 Å². The second kappa shape index (κ2) is 7.52. The van der Waals surface area contributed by atoms with Gasteiger partial charge in [-0.05, 0) is 25.0 Å². The number of para-hydroxylation sites is 1. The van der Waals surface area contributed by atoms with E-state index in [0.29, 0.717) is 11.3 Å². The van der Waals surface area contributed by atoms with Crippen LogP contribution < -0.4 is 4.74 Å². The van der Waals surface area contributed by atoms with E-state index in [1.54, 1.807) is 6.07 Å². The van der Waals surface area contributed by atoms with Gasteiger partial charge < -0.3 is 28.6 Å². The molecule has 1 saturated carbocycles. The number of rotatable bonds is 6. The first-order valence-electron chi connectivity index (χ1n) is 9.77. The Bertz CT molecular complexity index is 912. The molecule has 0 spiro atoms. The first-order valence-corrected chi connectivity index (χ1v) is 9.77. The molecular formula is C20H20F3NO6. The maximum atomic E-state index is 12.9. The van der Waals surface area contributed by atoms with Crippen LogP contribution in [0.15, 0.2) is 28.8 Å². The molecule has 1 aliphatic carbocycles. The van der Waals surface area contributed by atoms with Crippen LogP contribution in [0.1, 0.15) is 30.1 Å². The number of halogens is 3. The van der Waals surface area contributed by atoms with E-state index in [9.17, 15) is 18.3 Å². The standard InChI is InChI=1S/C20H20F3NO6/c21-20(22,23)29-14-4-2-1-3-11(14)16-12(17(30-24-16)10-5-6-10)7-26-15-9-28-18-13(25)8-27-19(15)18/h1-4,10,13,15,18-19,25H,5-9H2/t13?,15?,18-,19-/m1/s1. The Hall–Kier alpha value is -2.14. The third kappa shape index (κ3) is 3.80. The lowest BCUT2D eigenvalue weighted by atomic mass is 10.0. The molecule has 162 valence electrons. The first-order chi connectivity index (χ1) is 14.4. The molecule has 2 aliphatic heterocycles. The lowest BCUT2D eigenvalue weighted by Gasteiger charge is -2.17. The van der Waals surface area contributed by atoms with Crippen molar-refractivity contribution in [1.82, 2.24) is 5.16 Å². The number of hydrogen-bond donors (Lipinski definition) is 1. The Morgan fingerprint density at radius 1 is 1.10 bits per heavy atom. The highest BCUT2D eigenvalue weighted by Crippen LogP contribution is 2.46. The van der Waals surface area contributed by atoms with E-state index in [1.807, 2.05) is 0 Å². The highest BCUT2D eigenvalue weighted by Gasteiger charge is 2.48. The smallest absolute Gasteiger partial charge is 0.405 e. The summed E-state index contributed by atoms with van der Waals surface area (Å²) in [5.41, 5.74) is 1.04. The van der Waals surface area contributed by atoms with Crippen molar-refractivity contribution in [2.75, 3.05) is 13.2 Å². The molecule has 1 aromatic heterocycles. The summed E-state index contributed by atoms with van der Waals surface area (Å²) in [7, 11) is 0. The molecule has 30 heavy (non-hydrogen) atoms. The Kier molecular flexibility index (Phi) is 4.97. The van der Waals surface area contributed by atoms with Gasteiger partial charge in [-0.2, -0.15) is 0 Å². The summed E-state index contributed by atoms with van der Waals surface area (Å²) in [6.07, 6.45) is -4.88. The van der Waals surface area contributed by atoms with Crippen LogP contribution in [0, 0.1) is 0 Å². The number of ether oxygens (including phenoxy) is 4. The molecule has 0 bridgehead atoms. The summed E-state index contributed by atoms with van der Waals surface area (Å²) in [5.74, 6) is 0.445. The average molecular weight is 427 g/mol. The van der Waals surface area contributed by atoms with Gasteiger partial charge in [0.25, 0.3) is 0 Å². The lowest BCUT2D eigenvalue weighted by Crippen LogP contribution is -2.32. The molecule has 2 aromatic rings. The largest absolute Gasteiger partial charge is 0.573 e. The quantitative estimate of drug-likeness (QED) is 0.758. The summed E-state index contributed by atoms with van der Waals surface area (Å²) in [6, 6.07) is 5.81. The van der Waals surface area contributed by atoms with Gasteiger partial charge in [0.05, 0.1) is 19.8 Å². The second-order valence-electron chi connectivity index (χ2n) is 7.70. The van der Waals surface area contributed by atoms with Crippen LogP contribution in [0.25, 0.3) is 11.3 Å². The Labute approximate surface area is 169 Å². The Balaban J connectivity index is 1.42. The lowest BCUT2D eigenvalue weighted by molar-refractivity contribution is -0.274. The fraction of sp³-hybridized carbons (Fsp3) is 0.550. The van der Waals surface area contributed by atoms with E-state index in [4.69, 9.17) is 18.7 Å². The summed E-state index contributed by atoms with van der Waals surface area (Å²) >= 11 is 0. The molecule has 10 heteroatoms. The van der Waals surface area contributed by atoms with Crippen LogP contribution in [0.2, 0.25) is 0 Å². The van der Waals surface area contributed by atoms with E-state index in [1.165, 1.54) is 18.2 Å². The van der Waals surface area contributed by atoms with Gasteiger partial charge in [0.2, 0.25) is 0 Å². The van der Waals surface area contributed by atoms with E-state index >= 15 is 0 Å². The third-order valence-corrected chi connectivity index (χ3v) is 5.56. The SMILES string of the molecule is OC1CO[C@@H]2C(OCc3c(-c4ccccc4OC(F)(F)F)noc3C3CC3)CO[C@H]12.